The number of nitrogens with zero attached hydrogens (tertiary/aromatic N) is 4. The normalized spacial score (nSPS) is 18.1. The first kappa shape index (κ1) is 20.1. The van der Waals surface area contributed by atoms with Crippen molar-refractivity contribution in [2.45, 2.75) is 51.9 Å². The van der Waals surface area contributed by atoms with Crippen LogP contribution in [0.1, 0.15) is 54.2 Å². The Labute approximate surface area is 176 Å². The Kier molecular flexibility index (Phi) is 6.33. The van der Waals surface area contributed by atoms with E-state index in [1.807, 2.05) is 23.1 Å². The minimum absolute atomic E-state index is 0.0445. The predicted octanol–water partition coefficient (Wildman–Crippen LogP) is 3.93. The lowest BCUT2D eigenvalue weighted by Crippen LogP contribution is -2.50. The van der Waals surface area contributed by atoms with E-state index in [9.17, 15) is 4.79 Å². The fourth-order valence-corrected chi connectivity index (χ4v) is 5.12. The summed E-state index contributed by atoms with van der Waals surface area (Å²) in [7, 11) is 0. The van der Waals surface area contributed by atoms with E-state index < -0.39 is 0 Å². The zero-order chi connectivity index (χ0) is 20.2. The van der Waals surface area contributed by atoms with Crippen LogP contribution in [0.15, 0.2) is 18.2 Å². The molecule has 156 valence electrons. The molecule has 1 saturated carbocycles. The molecule has 1 aliphatic heterocycles. The number of ether oxygens (including phenoxy) is 1. The van der Waals surface area contributed by atoms with Crippen LogP contribution in [-0.2, 0) is 4.79 Å². The number of piperazine rings is 1. The molecule has 1 aromatic carbocycles. The summed E-state index contributed by atoms with van der Waals surface area (Å²) < 4.78 is 5.71. The number of rotatable bonds is 5. The van der Waals surface area contributed by atoms with Crippen LogP contribution in [0.5, 0.6) is 5.75 Å². The third kappa shape index (κ3) is 4.89. The smallest absolute Gasteiger partial charge is 0.260 e. The molecule has 0 radical (unpaired) electrons. The number of anilines is 1. The van der Waals surface area contributed by atoms with Crippen LogP contribution in [0.3, 0.4) is 0 Å². The lowest BCUT2D eigenvalue weighted by molar-refractivity contribution is -0.133. The second-order valence-electron chi connectivity index (χ2n) is 8.16. The Bertz CT molecular complexity index is 839. The minimum Gasteiger partial charge on any atom is -0.484 e. The average Bonchev–Trinajstić information content (AvgIpc) is 3.25. The molecule has 1 amide bonds. The van der Waals surface area contributed by atoms with Crippen LogP contribution in [0.2, 0.25) is 0 Å². The third-order valence-electron chi connectivity index (χ3n) is 6.13. The number of benzene rings is 1. The molecule has 7 heteroatoms. The Morgan fingerprint density at radius 2 is 1.83 bits per heavy atom. The standard InChI is InChI=1S/C22H30N4O2S/c1-16-8-9-19(14-17(16)2)28-15-20(27)25-10-12-26(13-11-25)22-24-23-21(29-22)18-6-4-3-5-7-18/h8-9,14,18H,3-7,10-13,15H2,1-2H3. The molecule has 29 heavy (non-hydrogen) atoms. The predicted molar refractivity (Wildman–Crippen MR) is 116 cm³/mol. The quantitative estimate of drug-likeness (QED) is 0.742. The molecule has 1 aromatic heterocycles. The van der Waals surface area contributed by atoms with Gasteiger partial charge in [-0.25, -0.2) is 0 Å². The Balaban J connectivity index is 1.26. The van der Waals surface area contributed by atoms with Crippen LogP contribution in [0.4, 0.5) is 5.13 Å². The van der Waals surface area contributed by atoms with Crippen LogP contribution in [0, 0.1) is 13.8 Å². The monoisotopic (exact) mass is 414 g/mol. The largest absolute Gasteiger partial charge is 0.484 e. The van der Waals surface area contributed by atoms with Crippen molar-refractivity contribution in [1.82, 2.24) is 15.1 Å². The van der Waals surface area contributed by atoms with Crippen molar-refractivity contribution in [3.63, 3.8) is 0 Å². The third-order valence-corrected chi connectivity index (χ3v) is 7.27. The van der Waals surface area contributed by atoms with E-state index in [1.165, 1.54) is 48.2 Å². The van der Waals surface area contributed by atoms with Gasteiger partial charge in [-0.1, -0.05) is 36.7 Å². The van der Waals surface area contributed by atoms with E-state index in [1.54, 1.807) is 11.3 Å². The van der Waals surface area contributed by atoms with Crippen molar-refractivity contribution in [2.24, 2.45) is 0 Å². The van der Waals surface area contributed by atoms with Crippen LogP contribution in [0.25, 0.3) is 0 Å². The molecule has 2 aliphatic rings. The fraction of sp³-hybridized carbons (Fsp3) is 0.591. The molecule has 4 rings (SSSR count). The van der Waals surface area contributed by atoms with Gasteiger partial charge in [0.05, 0.1) is 0 Å². The van der Waals surface area contributed by atoms with E-state index in [-0.39, 0.29) is 12.5 Å². The highest BCUT2D eigenvalue weighted by Gasteiger charge is 2.25. The molecule has 0 unspecified atom stereocenters. The minimum atomic E-state index is 0.0445. The maximum atomic E-state index is 12.5. The van der Waals surface area contributed by atoms with Gasteiger partial charge in [-0.3, -0.25) is 4.79 Å². The summed E-state index contributed by atoms with van der Waals surface area (Å²) in [5.41, 5.74) is 2.40. The van der Waals surface area contributed by atoms with E-state index >= 15 is 0 Å². The molecule has 0 bridgehead atoms. The van der Waals surface area contributed by atoms with Gasteiger partial charge in [0.15, 0.2) is 6.61 Å². The highest BCUT2D eigenvalue weighted by Crippen LogP contribution is 2.36. The maximum absolute atomic E-state index is 12.5. The SMILES string of the molecule is Cc1ccc(OCC(=O)N2CCN(c3nnc(C4CCCCC4)s3)CC2)cc1C. The highest BCUT2D eigenvalue weighted by molar-refractivity contribution is 7.15. The van der Waals surface area contributed by atoms with Gasteiger partial charge < -0.3 is 14.5 Å². The first-order valence-corrected chi connectivity index (χ1v) is 11.5. The van der Waals surface area contributed by atoms with Gasteiger partial charge >= 0.3 is 0 Å². The summed E-state index contributed by atoms with van der Waals surface area (Å²) in [4.78, 5) is 16.7. The number of hydrogen-bond donors (Lipinski definition) is 0. The van der Waals surface area contributed by atoms with Crippen LogP contribution in [-0.4, -0.2) is 53.8 Å². The summed E-state index contributed by atoms with van der Waals surface area (Å²) in [6.45, 7) is 7.22. The first-order valence-electron chi connectivity index (χ1n) is 10.7. The Morgan fingerprint density at radius 1 is 1.07 bits per heavy atom. The van der Waals surface area contributed by atoms with Crippen molar-refractivity contribution in [3.05, 3.63) is 34.3 Å². The van der Waals surface area contributed by atoms with Gasteiger partial charge in [-0.05, 0) is 49.9 Å². The molecule has 1 aliphatic carbocycles. The summed E-state index contributed by atoms with van der Waals surface area (Å²) >= 11 is 1.74. The molecule has 0 spiro atoms. The zero-order valence-corrected chi connectivity index (χ0v) is 18.2. The summed E-state index contributed by atoms with van der Waals surface area (Å²) in [5, 5.41) is 11.1. The van der Waals surface area contributed by atoms with E-state index in [0.29, 0.717) is 19.0 Å². The summed E-state index contributed by atoms with van der Waals surface area (Å²) in [6, 6.07) is 5.93. The van der Waals surface area contributed by atoms with Crippen molar-refractivity contribution >= 4 is 22.4 Å². The lowest BCUT2D eigenvalue weighted by Gasteiger charge is -2.34. The number of amides is 1. The van der Waals surface area contributed by atoms with Gasteiger partial charge in [-0.15, -0.1) is 10.2 Å². The molecule has 2 aromatic rings. The van der Waals surface area contributed by atoms with Gasteiger partial charge in [0.25, 0.3) is 5.91 Å². The molecule has 1 saturated heterocycles. The van der Waals surface area contributed by atoms with Crippen molar-refractivity contribution < 1.29 is 9.53 Å². The van der Waals surface area contributed by atoms with Crippen molar-refractivity contribution in [1.29, 1.82) is 0 Å². The second kappa shape index (κ2) is 9.11. The Morgan fingerprint density at radius 3 is 2.55 bits per heavy atom. The maximum Gasteiger partial charge on any atom is 0.260 e. The van der Waals surface area contributed by atoms with Crippen LogP contribution < -0.4 is 9.64 Å². The second-order valence-corrected chi connectivity index (χ2v) is 9.15. The molecule has 0 N–H and O–H groups in total. The van der Waals surface area contributed by atoms with Gasteiger partial charge in [-0.2, -0.15) is 0 Å². The molecule has 6 nitrogen and oxygen atoms in total. The molecule has 2 fully saturated rings. The fourth-order valence-electron chi connectivity index (χ4n) is 4.06. The lowest BCUT2D eigenvalue weighted by atomic mass is 9.90. The summed E-state index contributed by atoms with van der Waals surface area (Å²) in [6.07, 6.45) is 6.47. The van der Waals surface area contributed by atoms with E-state index in [2.05, 4.69) is 28.9 Å². The van der Waals surface area contributed by atoms with E-state index in [0.717, 1.165) is 24.0 Å². The average molecular weight is 415 g/mol. The van der Waals surface area contributed by atoms with Crippen molar-refractivity contribution in [3.8, 4) is 5.75 Å². The Hall–Kier alpha value is -2.15. The van der Waals surface area contributed by atoms with Gasteiger partial charge in [0.2, 0.25) is 5.13 Å². The number of carbonyl (C=O) groups is 1. The van der Waals surface area contributed by atoms with Crippen molar-refractivity contribution in [2.75, 3.05) is 37.7 Å². The number of hydrogen-bond acceptors (Lipinski definition) is 6. The molecule has 2 heterocycles. The first-order chi connectivity index (χ1) is 14.1. The van der Waals surface area contributed by atoms with E-state index in [4.69, 9.17) is 4.74 Å². The molecular formula is C22H30N4O2S. The number of aromatic nitrogens is 2. The number of aryl methyl sites for hydroxylation is 2. The topological polar surface area (TPSA) is 58.6 Å². The molecule has 0 atom stereocenters. The zero-order valence-electron chi connectivity index (χ0n) is 17.4. The molecular weight excluding hydrogens is 384 g/mol. The van der Waals surface area contributed by atoms with Crippen LogP contribution >= 0.6 is 11.3 Å². The summed E-state index contributed by atoms with van der Waals surface area (Å²) in [5.74, 6) is 1.40. The van der Waals surface area contributed by atoms with Gasteiger partial charge in [0.1, 0.15) is 10.8 Å². The van der Waals surface area contributed by atoms with Gasteiger partial charge in [0, 0.05) is 32.1 Å². The number of carbonyl (C=O) groups excluding carboxylic acids is 1. The highest BCUT2D eigenvalue weighted by atomic mass is 32.1.